The third-order valence-corrected chi connectivity index (χ3v) is 12.8. The largest absolute Gasteiger partial charge is 0.384 e. The molecular formula is C34H48N8O8S2. The van der Waals surface area contributed by atoms with Gasteiger partial charge in [0.2, 0.25) is 27.6 Å². The molecule has 1 aliphatic carbocycles. The number of nitrogens with zero attached hydrogens (tertiary/aromatic N) is 4. The van der Waals surface area contributed by atoms with Crippen molar-refractivity contribution in [1.29, 1.82) is 0 Å². The van der Waals surface area contributed by atoms with E-state index in [0.29, 0.717) is 23.6 Å². The van der Waals surface area contributed by atoms with Crippen LogP contribution in [0.2, 0.25) is 0 Å². The maximum absolute atomic E-state index is 14.7. The lowest BCUT2D eigenvalue weighted by Crippen LogP contribution is -2.63. The Hall–Kier alpha value is -3.87. The average Bonchev–Trinajstić information content (AvgIpc) is 3.80. The van der Waals surface area contributed by atoms with Gasteiger partial charge in [0.25, 0.3) is 11.8 Å². The standard InChI is InChI=1S/C34H48N8O8S2/c1-33(2,48)27-19-37-40-42(27)23-18-26(31(46)39-34(28(43)29(35)44)13-15-51-16-14-34)41(20-23)32(47)25(17-21-7-5-4-6-8-21)38-30(45)22-9-11-24(12-10-22)52(49,50)36-3/h9-12,19,21,23,25-26,36,48H,4-8,13-18,20H2,1-3H3,(H2,35,44)(H,38,45)(H,39,46)/t23?,25-,26?/m1/s1. The van der Waals surface area contributed by atoms with Gasteiger partial charge in [-0.05, 0) is 81.8 Å². The first-order chi connectivity index (χ1) is 24.6. The molecule has 4 amide bonds. The van der Waals surface area contributed by atoms with Gasteiger partial charge in [-0.3, -0.25) is 24.0 Å². The summed E-state index contributed by atoms with van der Waals surface area (Å²) in [4.78, 5) is 69.3. The first kappa shape index (κ1) is 39.3. The summed E-state index contributed by atoms with van der Waals surface area (Å²) in [5.74, 6) is -2.66. The number of hydrogen-bond acceptors (Lipinski definition) is 11. The number of thioether (sulfide) groups is 1. The number of amides is 4. The number of ketones is 1. The number of carbonyl (C=O) groups is 5. The Bertz CT molecular complexity index is 1760. The van der Waals surface area contributed by atoms with E-state index in [1.165, 1.54) is 47.1 Å². The van der Waals surface area contributed by atoms with Crippen molar-refractivity contribution < 1.29 is 37.5 Å². The van der Waals surface area contributed by atoms with E-state index in [-0.39, 0.29) is 42.2 Å². The van der Waals surface area contributed by atoms with Gasteiger partial charge >= 0.3 is 0 Å². The number of carbonyl (C=O) groups excluding carboxylic acids is 5. The fourth-order valence-corrected chi connectivity index (χ4v) is 9.36. The van der Waals surface area contributed by atoms with Crippen LogP contribution in [0.15, 0.2) is 35.4 Å². The number of sulfonamides is 1. The van der Waals surface area contributed by atoms with Crippen LogP contribution in [-0.2, 0) is 34.8 Å². The van der Waals surface area contributed by atoms with E-state index in [4.69, 9.17) is 5.73 Å². The minimum Gasteiger partial charge on any atom is -0.384 e. The lowest BCUT2D eigenvalue weighted by Gasteiger charge is -2.37. The maximum atomic E-state index is 14.7. The molecule has 3 fully saturated rings. The summed E-state index contributed by atoms with van der Waals surface area (Å²) in [6.45, 7) is 3.12. The number of hydrogen-bond donors (Lipinski definition) is 5. The van der Waals surface area contributed by atoms with Gasteiger partial charge in [0.15, 0.2) is 0 Å². The van der Waals surface area contributed by atoms with Gasteiger partial charge < -0.3 is 26.4 Å². The SMILES string of the molecule is CNS(=O)(=O)c1ccc(C(=O)N[C@H](CC2CCCCC2)C(=O)N2CC(n3nncc3C(C)(C)O)CC2C(=O)NC2(C(=O)C(N)=O)CCSCC2)cc1. The van der Waals surface area contributed by atoms with E-state index in [1.807, 2.05) is 0 Å². The lowest BCUT2D eigenvalue weighted by atomic mass is 9.84. The first-order valence-electron chi connectivity index (χ1n) is 17.6. The summed E-state index contributed by atoms with van der Waals surface area (Å²) in [6, 6.07) is 2.53. The fourth-order valence-electron chi connectivity index (χ4n) is 7.44. The summed E-state index contributed by atoms with van der Waals surface area (Å²) in [5, 5.41) is 24.7. The Kier molecular flexibility index (Phi) is 12.1. The van der Waals surface area contributed by atoms with E-state index in [1.54, 1.807) is 25.6 Å². The summed E-state index contributed by atoms with van der Waals surface area (Å²) in [7, 11) is -2.46. The molecule has 2 saturated heterocycles. The van der Waals surface area contributed by atoms with Crippen molar-refractivity contribution in [3.63, 3.8) is 0 Å². The normalized spacial score (nSPS) is 21.7. The zero-order valence-corrected chi connectivity index (χ0v) is 31.3. The maximum Gasteiger partial charge on any atom is 0.287 e. The lowest BCUT2D eigenvalue weighted by molar-refractivity contribution is -0.145. The second-order valence-corrected chi connectivity index (χ2v) is 17.5. The van der Waals surface area contributed by atoms with Gasteiger partial charge in [0.1, 0.15) is 23.2 Å². The second-order valence-electron chi connectivity index (χ2n) is 14.4. The van der Waals surface area contributed by atoms with Crippen molar-refractivity contribution >= 4 is 51.2 Å². The molecule has 3 heterocycles. The Labute approximate surface area is 307 Å². The highest BCUT2D eigenvalue weighted by atomic mass is 32.2. The minimum atomic E-state index is -3.74. The monoisotopic (exact) mass is 760 g/mol. The smallest absolute Gasteiger partial charge is 0.287 e. The van der Waals surface area contributed by atoms with Crippen LogP contribution in [0.5, 0.6) is 0 Å². The van der Waals surface area contributed by atoms with Gasteiger partial charge in [-0.15, -0.1) is 5.10 Å². The number of nitrogens with one attached hydrogen (secondary N) is 3. The van der Waals surface area contributed by atoms with E-state index in [0.717, 1.165) is 32.1 Å². The number of Topliss-reactive ketones (excluding diaryl/α,β-unsaturated/α-hetero) is 1. The van der Waals surface area contributed by atoms with Crippen LogP contribution in [0.3, 0.4) is 0 Å². The molecule has 2 aromatic rings. The molecule has 284 valence electrons. The van der Waals surface area contributed by atoms with Crippen LogP contribution < -0.4 is 21.1 Å². The number of aliphatic hydroxyl groups is 1. The Morgan fingerprint density at radius 1 is 1.08 bits per heavy atom. The molecule has 1 aromatic carbocycles. The number of likely N-dealkylation sites (tertiary alicyclic amines) is 1. The number of aromatic nitrogens is 3. The summed E-state index contributed by atoms with van der Waals surface area (Å²) in [6.07, 6.45) is 6.93. The summed E-state index contributed by atoms with van der Waals surface area (Å²) < 4.78 is 28.2. The highest BCUT2D eigenvalue weighted by Crippen LogP contribution is 2.35. The average molecular weight is 761 g/mol. The molecule has 2 aliphatic heterocycles. The topological polar surface area (TPSA) is 236 Å². The zero-order valence-electron chi connectivity index (χ0n) is 29.7. The Balaban J connectivity index is 1.48. The Morgan fingerprint density at radius 2 is 1.73 bits per heavy atom. The van der Waals surface area contributed by atoms with Crippen molar-refractivity contribution in [3.05, 3.63) is 41.7 Å². The molecule has 3 aliphatic rings. The molecule has 0 radical (unpaired) electrons. The molecule has 16 nitrogen and oxygen atoms in total. The van der Waals surface area contributed by atoms with Gasteiger partial charge in [0.05, 0.1) is 22.8 Å². The molecule has 0 spiro atoms. The van der Waals surface area contributed by atoms with Crippen molar-refractivity contribution in [2.45, 2.75) is 106 Å². The molecule has 5 rings (SSSR count). The molecule has 18 heteroatoms. The number of nitrogens with two attached hydrogens (primary N) is 1. The molecule has 52 heavy (non-hydrogen) atoms. The van der Waals surface area contributed by atoms with Gasteiger partial charge in [-0.1, -0.05) is 37.3 Å². The van der Waals surface area contributed by atoms with E-state index >= 15 is 0 Å². The molecule has 1 aromatic heterocycles. The first-order valence-corrected chi connectivity index (χ1v) is 20.2. The highest BCUT2D eigenvalue weighted by molar-refractivity contribution is 7.99. The van der Waals surface area contributed by atoms with E-state index in [2.05, 4.69) is 25.7 Å². The van der Waals surface area contributed by atoms with Crippen molar-refractivity contribution in [3.8, 4) is 0 Å². The number of primary amides is 1. The van der Waals surface area contributed by atoms with Crippen molar-refractivity contribution in [2.75, 3.05) is 25.1 Å². The van der Waals surface area contributed by atoms with Crippen LogP contribution in [0.25, 0.3) is 0 Å². The number of benzene rings is 1. The number of rotatable bonds is 13. The quantitative estimate of drug-likeness (QED) is 0.179. The van der Waals surface area contributed by atoms with Crippen molar-refractivity contribution in [2.24, 2.45) is 11.7 Å². The van der Waals surface area contributed by atoms with Crippen LogP contribution in [0.1, 0.15) is 93.7 Å². The Morgan fingerprint density at radius 3 is 2.33 bits per heavy atom. The third kappa shape index (κ3) is 8.66. The molecule has 1 saturated carbocycles. The van der Waals surface area contributed by atoms with Crippen LogP contribution in [0, 0.1) is 5.92 Å². The fraction of sp³-hybridized carbons (Fsp3) is 0.618. The van der Waals surface area contributed by atoms with Gasteiger partial charge in [-0.25, -0.2) is 17.8 Å². The third-order valence-electron chi connectivity index (χ3n) is 10.4. The minimum absolute atomic E-state index is 0.0242. The summed E-state index contributed by atoms with van der Waals surface area (Å²) >= 11 is 1.59. The predicted molar refractivity (Wildman–Crippen MR) is 191 cm³/mol. The van der Waals surface area contributed by atoms with Crippen molar-refractivity contribution in [1.82, 2.24) is 35.2 Å². The molecule has 3 atom stereocenters. The van der Waals surface area contributed by atoms with Crippen LogP contribution in [-0.4, -0.2) is 106 Å². The molecule has 2 unspecified atom stereocenters. The molecule has 0 bridgehead atoms. The second kappa shape index (κ2) is 16.0. The highest BCUT2D eigenvalue weighted by Gasteiger charge is 2.49. The molecular weight excluding hydrogens is 713 g/mol. The summed E-state index contributed by atoms with van der Waals surface area (Å²) in [5.41, 5.74) is 3.07. The van der Waals surface area contributed by atoms with Crippen LogP contribution in [0.4, 0.5) is 0 Å². The van der Waals surface area contributed by atoms with Gasteiger partial charge in [-0.2, -0.15) is 11.8 Å². The van der Waals surface area contributed by atoms with E-state index < -0.39 is 68.7 Å². The van der Waals surface area contributed by atoms with Crippen LogP contribution >= 0.6 is 11.8 Å². The zero-order chi connectivity index (χ0) is 37.8. The van der Waals surface area contributed by atoms with Gasteiger partial charge in [0, 0.05) is 18.5 Å². The molecule has 6 N–H and O–H groups in total. The van der Waals surface area contributed by atoms with E-state index in [9.17, 15) is 37.5 Å². The predicted octanol–water partition coefficient (Wildman–Crippen LogP) is 0.761.